The van der Waals surface area contributed by atoms with Gasteiger partial charge in [-0.1, -0.05) is 17.7 Å². The summed E-state index contributed by atoms with van der Waals surface area (Å²) >= 11 is 5.74. The van der Waals surface area contributed by atoms with Crippen LogP contribution in [0.4, 0.5) is 28.7 Å². The molecule has 1 aromatic heterocycles. The van der Waals surface area contributed by atoms with E-state index in [-0.39, 0.29) is 34.4 Å². The number of nitrogens with zero attached hydrogens (tertiary/aromatic N) is 4. The van der Waals surface area contributed by atoms with E-state index in [0.29, 0.717) is 5.69 Å². The third kappa shape index (κ3) is 5.94. The van der Waals surface area contributed by atoms with Gasteiger partial charge in [-0.2, -0.15) is 0 Å². The Labute approximate surface area is 201 Å². The maximum Gasteiger partial charge on any atom is 0.355 e. The maximum absolute atomic E-state index is 12.4. The number of esters is 1. The van der Waals surface area contributed by atoms with Crippen LogP contribution in [0.3, 0.4) is 0 Å². The smallest absolute Gasteiger partial charge is 0.355 e. The Morgan fingerprint density at radius 1 is 1.03 bits per heavy atom. The third-order valence-corrected chi connectivity index (χ3v) is 4.66. The molecule has 3 aromatic rings. The number of rotatable bonds is 9. The van der Waals surface area contributed by atoms with Gasteiger partial charge in [0.2, 0.25) is 11.6 Å². The Morgan fingerprint density at radius 3 is 2.46 bits per heavy atom. The highest BCUT2D eigenvalue weighted by Crippen LogP contribution is 2.31. The average molecular weight is 502 g/mol. The first-order chi connectivity index (χ1) is 16.7. The van der Waals surface area contributed by atoms with Gasteiger partial charge >= 0.3 is 11.7 Å². The molecule has 1 heterocycles. The lowest BCUT2D eigenvalue weighted by molar-refractivity contribution is -0.384. The summed E-state index contributed by atoms with van der Waals surface area (Å²) in [6.45, 7) is 1.84. The Morgan fingerprint density at radius 2 is 1.77 bits per heavy atom. The number of hydrogen-bond acceptors (Lipinski definition) is 11. The second-order valence-electron chi connectivity index (χ2n) is 6.61. The topological polar surface area (TPSA) is 192 Å². The molecule has 0 saturated heterocycles. The van der Waals surface area contributed by atoms with E-state index in [2.05, 4.69) is 26.1 Å². The first kappa shape index (κ1) is 24.8. The molecule has 0 aliphatic rings. The van der Waals surface area contributed by atoms with E-state index in [0.717, 1.165) is 12.4 Å². The zero-order valence-corrected chi connectivity index (χ0v) is 18.6. The molecule has 180 valence electrons. The SMILES string of the molecule is CCOC(=O)c1cccc(Nc2ncnc(NNC(=O)c3ccc(Cl)c([N+](=O)[O-])c3)c2[N+](=O)[O-])c1. The number of nitro benzene ring substituents is 1. The number of anilines is 3. The molecule has 0 aliphatic heterocycles. The lowest BCUT2D eigenvalue weighted by Gasteiger charge is -2.11. The molecule has 0 aliphatic carbocycles. The number of benzene rings is 2. The first-order valence-corrected chi connectivity index (χ1v) is 10.1. The van der Waals surface area contributed by atoms with Crippen LogP contribution in [-0.4, -0.2) is 38.3 Å². The fraction of sp³-hybridized carbons (Fsp3) is 0.100. The van der Waals surface area contributed by atoms with Crippen LogP contribution < -0.4 is 16.2 Å². The summed E-state index contributed by atoms with van der Waals surface area (Å²) in [6.07, 6.45) is 1.01. The summed E-state index contributed by atoms with van der Waals surface area (Å²) in [7, 11) is 0. The number of halogens is 1. The highest BCUT2D eigenvalue weighted by atomic mass is 35.5. The molecule has 2 aromatic carbocycles. The van der Waals surface area contributed by atoms with Crippen molar-refractivity contribution in [3.05, 3.63) is 85.2 Å². The molecule has 35 heavy (non-hydrogen) atoms. The van der Waals surface area contributed by atoms with Crippen LogP contribution in [-0.2, 0) is 4.74 Å². The van der Waals surface area contributed by atoms with Gasteiger partial charge in [0.15, 0.2) is 0 Å². The molecule has 1 amide bonds. The molecule has 14 nitrogen and oxygen atoms in total. The van der Waals surface area contributed by atoms with Crippen LogP contribution in [0.1, 0.15) is 27.6 Å². The van der Waals surface area contributed by atoms with Crippen molar-refractivity contribution < 1.29 is 24.2 Å². The van der Waals surface area contributed by atoms with Gasteiger partial charge in [0, 0.05) is 17.3 Å². The Bertz CT molecular complexity index is 1320. The molecule has 3 rings (SSSR count). The minimum absolute atomic E-state index is 0.126. The summed E-state index contributed by atoms with van der Waals surface area (Å²) in [5, 5.41) is 25.3. The first-order valence-electron chi connectivity index (χ1n) is 9.75. The number of aromatic nitrogens is 2. The van der Waals surface area contributed by atoms with Gasteiger partial charge in [-0.15, -0.1) is 0 Å². The quantitative estimate of drug-likeness (QED) is 0.220. The fourth-order valence-corrected chi connectivity index (χ4v) is 2.98. The predicted octanol–water partition coefficient (Wildman–Crippen LogP) is 3.62. The number of carbonyl (C=O) groups excluding carboxylic acids is 2. The van der Waals surface area contributed by atoms with Crippen LogP contribution in [0.15, 0.2) is 48.8 Å². The van der Waals surface area contributed by atoms with Crippen molar-refractivity contribution >= 4 is 52.2 Å². The van der Waals surface area contributed by atoms with Crippen LogP contribution in [0.5, 0.6) is 0 Å². The number of hydrogen-bond donors (Lipinski definition) is 3. The minimum Gasteiger partial charge on any atom is -0.462 e. The van der Waals surface area contributed by atoms with Gasteiger partial charge in [-0.3, -0.25) is 35.9 Å². The van der Waals surface area contributed by atoms with Crippen LogP contribution in [0, 0.1) is 20.2 Å². The van der Waals surface area contributed by atoms with Crippen LogP contribution >= 0.6 is 11.6 Å². The normalized spacial score (nSPS) is 10.2. The molecule has 0 spiro atoms. The summed E-state index contributed by atoms with van der Waals surface area (Å²) in [6, 6.07) is 9.41. The molecular weight excluding hydrogens is 486 g/mol. The molecule has 0 atom stereocenters. The maximum atomic E-state index is 12.4. The molecule has 15 heteroatoms. The lowest BCUT2D eigenvalue weighted by atomic mass is 10.2. The van der Waals surface area contributed by atoms with Crippen molar-refractivity contribution in [2.75, 3.05) is 17.3 Å². The van der Waals surface area contributed by atoms with Gasteiger partial charge in [-0.05, 0) is 37.3 Å². The second-order valence-corrected chi connectivity index (χ2v) is 7.01. The molecule has 0 radical (unpaired) electrons. The Hall–Kier alpha value is -4.85. The zero-order valence-electron chi connectivity index (χ0n) is 17.9. The standard InChI is InChI=1S/C20H16ClN7O7/c1-2-35-20(30)12-4-3-5-13(8-12)24-17-16(28(33)34)18(23-10-22-17)25-26-19(29)11-6-7-14(21)15(9-11)27(31)32/h3-10H,2H2,1H3,(H,26,29)(H2,22,23,24,25). The number of ether oxygens (including phenoxy) is 1. The third-order valence-electron chi connectivity index (χ3n) is 4.34. The van der Waals surface area contributed by atoms with Gasteiger partial charge in [0.1, 0.15) is 11.3 Å². The van der Waals surface area contributed by atoms with E-state index in [1.807, 2.05) is 0 Å². The summed E-state index contributed by atoms with van der Waals surface area (Å²) < 4.78 is 4.94. The average Bonchev–Trinajstić information content (AvgIpc) is 2.82. The highest BCUT2D eigenvalue weighted by molar-refractivity contribution is 6.32. The number of hydrazine groups is 1. The van der Waals surface area contributed by atoms with Crippen LogP contribution in [0.25, 0.3) is 0 Å². The molecule has 0 unspecified atom stereocenters. The summed E-state index contributed by atoms with van der Waals surface area (Å²) in [4.78, 5) is 53.2. The number of nitrogens with one attached hydrogen (secondary N) is 3. The fourth-order valence-electron chi connectivity index (χ4n) is 2.79. The predicted molar refractivity (Wildman–Crippen MR) is 124 cm³/mol. The summed E-state index contributed by atoms with van der Waals surface area (Å²) in [5.41, 5.74) is 3.81. The van der Waals surface area contributed by atoms with Gasteiger partial charge in [-0.25, -0.2) is 14.8 Å². The van der Waals surface area contributed by atoms with Crippen molar-refractivity contribution in [3.8, 4) is 0 Å². The highest BCUT2D eigenvalue weighted by Gasteiger charge is 2.24. The Kier molecular flexibility index (Phi) is 7.68. The molecule has 0 saturated carbocycles. The van der Waals surface area contributed by atoms with Crippen molar-refractivity contribution in [1.82, 2.24) is 15.4 Å². The van der Waals surface area contributed by atoms with Gasteiger partial charge < -0.3 is 10.1 Å². The Balaban J connectivity index is 1.83. The minimum atomic E-state index is -0.839. The summed E-state index contributed by atoms with van der Waals surface area (Å²) in [5.74, 6) is -2.01. The molecule has 3 N–H and O–H groups in total. The van der Waals surface area contributed by atoms with E-state index in [4.69, 9.17) is 16.3 Å². The van der Waals surface area contributed by atoms with Crippen molar-refractivity contribution in [2.45, 2.75) is 6.92 Å². The van der Waals surface area contributed by atoms with E-state index >= 15 is 0 Å². The lowest BCUT2D eigenvalue weighted by Crippen LogP contribution is -2.30. The van der Waals surface area contributed by atoms with Gasteiger partial charge in [0.25, 0.3) is 11.6 Å². The molecular formula is C20H16ClN7O7. The van der Waals surface area contributed by atoms with Crippen molar-refractivity contribution in [3.63, 3.8) is 0 Å². The molecule has 0 bridgehead atoms. The van der Waals surface area contributed by atoms with E-state index < -0.39 is 33.1 Å². The van der Waals surface area contributed by atoms with E-state index in [1.54, 1.807) is 19.1 Å². The van der Waals surface area contributed by atoms with Crippen molar-refractivity contribution in [1.29, 1.82) is 0 Å². The molecule has 0 fully saturated rings. The number of amides is 1. The monoisotopic (exact) mass is 501 g/mol. The van der Waals surface area contributed by atoms with Gasteiger partial charge in [0.05, 0.1) is 22.0 Å². The zero-order chi connectivity index (χ0) is 25.5. The van der Waals surface area contributed by atoms with E-state index in [1.165, 1.54) is 24.3 Å². The van der Waals surface area contributed by atoms with Crippen LogP contribution in [0.2, 0.25) is 5.02 Å². The number of nitro groups is 2. The van der Waals surface area contributed by atoms with E-state index in [9.17, 15) is 29.8 Å². The largest absolute Gasteiger partial charge is 0.462 e. The number of carbonyl (C=O) groups is 2. The van der Waals surface area contributed by atoms with Crippen molar-refractivity contribution in [2.24, 2.45) is 0 Å². The second kappa shape index (κ2) is 10.8.